The molecule has 0 bridgehead atoms. The first-order valence-electron chi connectivity index (χ1n) is 9.35. The van der Waals surface area contributed by atoms with Gasteiger partial charge >= 0.3 is 0 Å². The summed E-state index contributed by atoms with van der Waals surface area (Å²) < 4.78 is 15.7. The molecular formula is C23H24ClFN2O. The lowest BCUT2D eigenvalue weighted by molar-refractivity contribution is 0.0718. The average molecular weight is 399 g/mol. The molecule has 3 rings (SSSR count). The first kappa shape index (κ1) is 20.2. The molecule has 1 heterocycles. The third-order valence-electron chi connectivity index (χ3n) is 4.46. The standard InChI is InChI=1S/C23H24ClFN2O/c1-17(2)14-27(23(28)19-7-4-9-21(25)13-19)16-22-10-5-11-26(22)15-18-6-3-8-20(24)12-18/h3-13,17H,14-16H2,1-2H3. The van der Waals surface area contributed by atoms with Crippen LogP contribution in [0.2, 0.25) is 5.02 Å². The molecule has 5 heteroatoms. The highest BCUT2D eigenvalue weighted by atomic mass is 35.5. The molecule has 0 saturated heterocycles. The van der Waals surface area contributed by atoms with Gasteiger partial charge in [0.15, 0.2) is 0 Å². The van der Waals surface area contributed by atoms with E-state index in [1.165, 1.54) is 12.1 Å². The van der Waals surface area contributed by atoms with Gasteiger partial charge in [-0.15, -0.1) is 0 Å². The predicted molar refractivity (Wildman–Crippen MR) is 111 cm³/mol. The first-order valence-corrected chi connectivity index (χ1v) is 9.73. The van der Waals surface area contributed by atoms with Crippen LogP contribution in [0.1, 0.15) is 35.5 Å². The van der Waals surface area contributed by atoms with Crippen LogP contribution in [0.5, 0.6) is 0 Å². The Bertz CT molecular complexity index is 951. The van der Waals surface area contributed by atoms with Gasteiger partial charge in [-0.3, -0.25) is 4.79 Å². The Hall–Kier alpha value is -2.59. The Labute approximate surface area is 170 Å². The van der Waals surface area contributed by atoms with Crippen molar-refractivity contribution in [1.29, 1.82) is 0 Å². The van der Waals surface area contributed by atoms with Crippen molar-refractivity contribution in [3.8, 4) is 0 Å². The van der Waals surface area contributed by atoms with Crippen molar-refractivity contribution in [2.75, 3.05) is 6.54 Å². The molecule has 28 heavy (non-hydrogen) atoms. The number of carbonyl (C=O) groups is 1. The number of hydrogen-bond donors (Lipinski definition) is 0. The lowest BCUT2D eigenvalue weighted by Crippen LogP contribution is -2.34. The van der Waals surface area contributed by atoms with Gasteiger partial charge in [0.2, 0.25) is 0 Å². The SMILES string of the molecule is CC(C)CN(Cc1cccn1Cc1cccc(Cl)c1)C(=O)c1cccc(F)c1. The van der Waals surface area contributed by atoms with E-state index in [2.05, 4.69) is 18.4 Å². The lowest BCUT2D eigenvalue weighted by atomic mass is 10.1. The summed E-state index contributed by atoms with van der Waals surface area (Å²) in [6, 6.07) is 17.6. The average Bonchev–Trinajstić information content (AvgIpc) is 3.07. The molecule has 0 atom stereocenters. The molecule has 0 fully saturated rings. The van der Waals surface area contributed by atoms with Gasteiger partial charge in [-0.2, -0.15) is 0 Å². The summed E-state index contributed by atoms with van der Waals surface area (Å²) in [5.74, 6) is -0.266. The molecule has 3 nitrogen and oxygen atoms in total. The number of benzene rings is 2. The van der Waals surface area contributed by atoms with Crippen molar-refractivity contribution in [2.45, 2.75) is 26.9 Å². The summed E-state index contributed by atoms with van der Waals surface area (Å²) in [6.07, 6.45) is 2.00. The summed E-state index contributed by atoms with van der Waals surface area (Å²) in [4.78, 5) is 14.8. The molecule has 146 valence electrons. The van der Waals surface area contributed by atoms with E-state index in [0.29, 0.717) is 36.1 Å². The molecule has 0 saturated carbocycles. The number of carbonyl (C=O) groups excluding carboxylic acids is 1. The Morgan fingerprint density at radius 1 is 1.11 bits per heavy atom. The minimum atomic E-state index is -0.403. The maximum atomic E-state index is 13.6. The van der Waals surface area contributed by atoms with Crippen molar-refractivity contribution in [3.63, 3.8) is 0 Å². The van der Waals surface area contributed by atoms with Gasteiger partial charge in [-0.25, -0.2) is 4.39 Å². The zero-order chi connectivity index (χ0) is 20.1. The fourth-order valence-electron chi connectivity index (χ4n) is 3.24. The number of halogens is 2. The van der Waals surface area contributed by atoms with E-state index in [-0.39, 0.29) is 5.91 Å². The highest BCUT2D eigenvalue weighted by Crippen LogP contribution is 2.17. The van der Waals surface area contributed by atoms with Crippen LogP contribution >= 0.6 is 11.6 Å². The molecule has 0 spiro atoms. The van der Waals surface area contributed by atoms with E-state index in [1.54, 1.807) is 17.0 Å². The molecule has 0 unspecified atom stereocenters. The second kappa shape index (κ2) is 9.07. The number of hydrogen-bond acceptors (Lipinski definition) is 1. The second-order valence-electron chi connectivity index (χ2n) is 7.35. The largest absolute Gasteiger partial charge is 0.345 e. The lowest BCUT2D eigenvalue weighted by Gasteiger charge is -2.25. The van der Waals surface area contributed by atoms with E-state index in [1.807, 2.05) is 42.6 Å². The molecule has 0 aliphatic heterocycles. The van der Waals surface area contributed by atoms with Crippen molar-refractivity contribution in [1.82, 2.24) is 9.47 Å². The van der Waals surface area contributed by atoms with Crippen LogP contribution < -0.4 is 0 Å². The highest BCUT2D eigenvalue weighted by molar-refractivity contribution is 6.30. The number of aromatic nitrogens is 1. The molecule has 0 aliphatic carbocycles. The number of rotatable bonds is 7. The topological polar surface area (TPSA) is 25.2 Å². The highest BCUT2D eigenvalue weighted by Gasteiger charge is 2.19. The van der Waals surface area contributed by atoms with Gasteiger partial charge in [0.25, 0.3) is 5.91 Å². The van der Waals surface area contributed by atoms with Crippen LogP contribution in [0.4, 0.5) is 4.39 Å². The van der Waals surface area contributed by atoms with Crippen LogP contribution in [-0.4, -0.2) is 21.9 Å². The fourth-order valence-corrected chi connectivity index (χ4v) is 3.45. The van der Waals surface area contributed by atoms with Crippen LogP contribution in [0.25, 0.3) is 0 Å². The molecule has 1 amide bonds. The van der Waals surface area contributed by atoms with Crippen LogP contribution in [0.15, 0.2) is 66.9 Å². The maximum absolute atomic E-state index is 13.6. The van der Waals surface area contributed by atoms with Gasteiger partial charge in [-0.05, 0) is 53.9 Å². The van der Waals surface area contributed by atoms with Crippen LogP contribution in [-0.2, 0) is 13.1 Å². The summed E-state index contributed by atoms with van der Waals surface area (Å²) in [5.41, 5.74) is 2.48. The van der Waals surface area contributed by atoms with E-state index in [0.717, 1.165) is 11.3 Å². The van der Waals surface area contributed by atoms with E-state index >= 15 is 0 Å². The monoisotopic (exact) mass is 398 g/mol. The van der Waals surface area contributed by atoms with Crippen LogP contribution in [0.3, 0.4) is 0 Å². The molecular weight excluding hydrogens is 375 g/mol. The summed E-state index contributed by atoms with van der Waals surface area (Å²) in [7, 11) is 0. The third-order valence-corrected chi connectivity index (χ3v) is 4.70. The minimum absolute atomic E-state index is 0.163. The Morgan fingerprint density at radius 2 is 1.89 bits per heavy atom. The predicted octanol–water partition coefficient (Wildman–Crippen LogP) is 5.63. The molecule has 0 radical (unpaired) electrons. The maximum Gasteiger partial charge on any atom is 0.254 e. The van der Waals surface area contributed by atoms with Crippen molar-refractivity contribution < 1.29 is 9.18 Å². The summed E-state index contributed by atoms with van der Waals surface area (Å²) in [6.45, 7) is 5.86. The fraction of sp³-hybridized carbons (Fsp3) is 0.261. The number of nitrogens with zero attached hydrogens (tertiary/aromatic N) is 2. The van der Waals surface area contributed by atoms with Gasteiger partial charge in [0, 0.05) is 35.6 Å². The van der Waals surface area contributed by atoms with Gasteiger partial charge < -0.3 is 9.47 Å². The first-order chi connectivity index (χ1) is 13.4. The molecule has 3 aromatic rings. The van der Waals surface area contributed by atoms with E-state index in [4.69, 9.17) is 11.6 Å². The number of amides is 1. The third kappa shape index (κ3) is 5.23. The Balaban J connectivity index is 1.82. The molecule has 1 aromatic heterocycles. The second-order valence-corrected chi connectivity index (χ2v) is 7.78. The quantitative estimate of drug-likeness (QED) is 0.506. The minimum Gasteiger partial charge on any atom is -0.345 e. The Morgan fingerprint density at radius 3 is 2.61 bits per heavy atom. The normalized spacial score (nSPS) is 11.0. The van der Waals surface area contributed by atoms with E-state index < -0.39 is 5.82 Å². The van der Waals surface area contributed by atoms with Gasteiger partial charge in [-0.1, -0.05) is 43.6 Å². The van der Waals surface area contributed by atoms with Gasteiger partial charge in [0.05, 0.1) is 6.54 Å². The van der Waals surface area contributed by atoms with Gasteiger partial charge in [0.1, 0.15) is 5.82 Å². The zero-order valence-corrected chi connectivity index (χ0v) is 16.9. The molecule has 2 aromatic carbocycles. The molecule has 0 N–H and O–H groups in total. The van der Waals surface area contributed by atoms with Crippen molar-refractivity contribution in [2.24, 2.45) is 5.92 Å². The summed E-state index contributed by atoms with van der Waals surface area (Å²) in [5, 5.41) is 0.703. The van der Waals surface area contributed by atoms with Crippen molar-refractivity contribution >= 4 is 17.5 Å². The summed E-state index contributed by atoms with van der Waals surface area (Å²) >= 11 is 6.10. The zero-order valence-electron chi connectivity index (χ0n) is 16.1. The Kier molecular flexibility index (Phi) is 6.53. The van der Waals surface area contributed by atoms with Crippen molar-refractivity contribution in [3.05, 3.63) is 94.5 Å². The molecule has 0 aliphatic rings. The smallest absolute Gasteiger partial charge is 0.254 e. The van der Waals surface area contributed by atoms with Crippen LogP contribution in [0, 0.1) is 11.7 Å². The van der Waals surface area contributed by atoms with E-state index in [9.17, 15) is 9.18 Å².